The number of amides is 1. The molecule has 0 atom stereocenters. The van der Waals surface area contributed by atoms with E-state index in [9.17, 15) is 4.79 Å². The van der Waals surface area contributed by atoms with E-state index >= 15 is 0 Å². The molecule has 0 aliphatic rings. The standard InChI is InChI=1S/C14H14ClIN4O/c1-14(2,9-3-5-10(15)6-4-9)13(21)20-19-12-11(16)17-7-8-18-12/h3-8H,1-2H3,(H,18,19)(H,20,21). The van der Waals surface area contributed by atoms with Gasteiger partial charge in [0.2, 0.25) is 5.91 Å². The smallest absolute Gasteiger partial charge is 0.248 e. The zero-order valence-electron chi connectivity index (χ0n) is 11.5. The van der Waals surface area contributed by atoms with Gasteiger partial charge in [0.15, 0.2) is 5.82 Å². The number of anilines is 1. The number of halogens is 2. The molecule has 2 rings (SSSR count). The number of aromatic nitrogens is 2. The molecule has 1 aromatic carbocycles. The summed E-state index contributed by atoms with van der Waals surface area (Å²) in [5, 5.41) is 0.641. The summed E-state index contributed by atoms with van der Waals surface area (Å²) in [5.41, 5.74) is 5.63. The van der Waals surface area contributed by atoms with Crippen LogP contribution in [0.1, 0.15) is 19.4 Å². The lowest BCUT2D eigenvalue weighted by Gasteiger charge is -2.24. The maximum atomic E-state index is 12.4. The average molecular weight is 417 g/mol. The highest BCUT2D eigenvalue weighted by Crippen LogP contribution is 2.25. The largest absolute Gasteiger partial charge is 0.280 e. The third kappa shape index (κ3) is 3.82. The number of nitrogens with one attached hydrogen (secondary N) is 2. The Bertz CT molecular complexity index is 646. The second-order valence-corrected chi connectivity index (χ2v) is 6.37. The van der Waals surface area contributed by atoms with Gasteiger partial charge >= 0.3 is 0 Å². The Hall–Kier alpha value is -1.41. The van der Waals surface area contributed by atoms with E-state index in [1.54, 1.807) is 24.5 Å². The van der Waals surface area contributed by atoms with Crippen LogP contribution in [0.3, 0.4) is 0 Å². The van der Waals surface area contributed by atoms with E-state index in [1.165, 1.54) is 0 Å². The van der Waals surface area contributed by atoms with Gasteiger partial charge in [-0.2, -0.15) is 0 Å². The Labute approximate surface area is 141 Å². The average Bonchev–Trinajstić information content (AvgIpc) is 2.46. The van der Waals surface area contributed by atoms with Crippen molar-refractivity contribution in [2.45, 2.75) is 19.3 Å². The fourth-order valence-electron chi connectivity index (χ4n) is 1.67. The molecule has 0 unspecified atom stereocenters. The zero-order valence-corrected chi connectivity index (χ0v) is 14.4. The summed E-state index contributed by atoms with van der Waals surface area (Å²) in [5.74, 6) is 0.338. The molecule has 0 saturated carbocycles. The van der Waals surface area contributed by atoms with Gasteiger partial charge in [0, 0.05) is 17.4 Å². The first-order valence-electron chi connectivity index (χ1n) is 6.20. The number of hydrogen-bond donors (Lipinski definition) is 2. The molecule has 7 heteroatoms. The van der Waals surface area contributed by atoms with Crippen molar-refractivity contribution in [1.82, 2.24) is 15.4 Å². The molecule has 0 spiro atoms. The zero-order chi connectivity index (χ0) is 15.5. The summed E-state index contributed by atoms with van der Waals surface area (Å²) in [6.45, 7) is 3.68. The molecule has 21 heavy (non-hydrogen) atoms. The molecule has 0 bridgehead atoms. The molecule has 0 fully saturated rings. The van der Waals surface area contributed by atoms with Crippen LogP contribution in [0.2, 0.25) is 5.02 Å². The topological polar surface area (TPSA) is 66.9 Å². The van der Waals surface area contributed by atoms with Crippen molar-refractivity contribution >= 4 is 45.9 Å². The second-order valence-electron chi connectivity index (χ2n) is 4.91. The van der Waals surface area contributed by atoms with Crippen LogP contribution in [0.4, 0.5) is 5.82 Å². The van der Waals surface area contributed by atoms with Crippen molar-refractivity contribution in [3.63, 3.8) is 0 Å². The van der Waals surface area contributed by atoms with Crippen molar-refractivity contribution in [3.05, 3.63) is 50.9 Å². The lowest BCUT2D eigenvalue weighted by atomic mass is 9.84. The Kier molecular flexibility index (Phi) is 5.00. The molecule has 0 saturated heterocycles. The van der Waals surface area contributed by atoms with Crippen molar-refractivity contribution in [2.24, 2.45) is 0 Å². The monoisotopic (exact) mass is 416 g/mol. The highest BCUT2D eigenvalue weighted by atomic mass is 127. The summed E-state index contributed by atoms with van der Waals surface area (Å²) in [4.78, 5) is 20.6. The van der Waals surface area contributed by atoms with Crippen molar-refractivity contribution in [2.75, 3.05) is 5.43 Å². The van der Waals surface area contributed by atoms with Gasteiger partial charge in [-0.25, -0.2) is 9.97 Å². The normalized spacial score (nSPS) is 11.0. The maximum absolute atomic E-state index is 12.4. The van der Waals surface area contributed by atoms with Crippen LogP contribution in [0.25, 0.3) is 0 Å². The minimum absolute atomic E-state index is 0.175. The number of hydrazine groups is 1. The highest BCUT2D eigenvalue weighted by Gasteiger charge is 2.29. The van der Waals surface area contributed by atoms with Gasteiger partial charge in [-0.05, 0) is 54.1 Å². The van der Waals surface area contributed by atoms with Crippen LogP contribution < -0.4 is 10.9 Å². The third-order valence-electron chi connectivity index (χ3n) is 3.08. The van der Waals surface area contributed by atoms with E-state index in [0.717, 1.165) is 5.56 Å². The van der Waals surface area contributed by atoms with Crippen molar-refractivity contribution in [3.8, 4) is 0 Å². The van der Waals surface area contributed by atoms with Gasteiger partial charge in [0.05, 0.1) is 5.41 Å². The van der Waals surface area contributed by atoms with E-state index in [0.29, 0.717) is 14.5 Å². The van der Waals surface area contributed by atoms with E-state index < -0.39 is 5.41 Å². The van der Waals surface area contributed by atoms with E-state index in [-0.39, 0.29) is 5.91 Å². The first-order chi connectivity index (χ1) is 9.91. The van der Waals surface area contributed by atoms with Gasteiger partial charge in [0.25, 0.3) is 0 Å². The molecule has 110 valence electrons. The minimum atomic E-state index is -0.703. The first-order valence-corrected chi connectivity index (χ1v) is 7.66. The van der Waals surface area contributed by atoms with Gasteiger partial charge in [-0.15, -0.1) is 0 Å². The molecule has 2 aromatic rings. The minimum Gasteiger partial charge on any atom is -0.280 e. The third-order valence-corrected chi connectivity index (χ3v) is 4.12. The van der Waals surface area contributed by atoms with Gasteiger partial charge < -0.3 is 0 Å². The van der Waals surface area contributed by atoms with Gasteiger partial charge in [-0.1, -0.05) is 23.7 Å². The lowest BCUT2D eigenvalue weighted by molar-refractivity contribution is -0.125. The quantitative estimate of drug-likeness (QED) is 0.593. The molecule has 1 aromatic heterocycles. The fraction of sp³-hybridized carbons (Fsp3) is 0.214. The molecule has 0 aliphatic carbocycles. The molecule has 0 radical (unpaired) electrons. The Balaban J connectivity index is 2.08. The van der Waals surface area contributed by atoms with Crippen molar-refractivity contribution < 1.29 is 4.79 Å². The highest BCUT2D eigenvalue weighted by molar-refractivity contribution is 14.1. The first kappa shape index (κ1) is 16.0. The lowest BCUT2D eigenvalue weighted by Crippen LogP contribution is -2.43. The molecule has 5 nitrogen and oxygen atoms in total. The Morgan fingerprint density at radius 1 is 1.19 bits per heavy atom. The van der Waals surface area contributed by atoms with E-state index in [2.05, 4.69) is 20.8 Å². The number of rotatable bonds is 4. The van der Waals surface area contributed by atoms with Crippen LogP contribution >= 0.6 is 34.2 Å². The second kappa shape index (κ2) is 6.57. The number of carbonyl (C=O) groups excluding carboxylic acids is 1. The van der Waals surface area contributed by atoms with Crippen molar-refractivity contribution in [1.29, 1.82) is 0 Å². The number of carbonyl (C=O) groups is 1. The molecule has 1 heterocycles. The Morgan fingerprint density at radius 3 is 2.43 bits per heavy atom. The van der Waals surface area contributed by atoms with Crippen LogP contribution in [0.15, 0.2) is 36.7 Å². The number of nitrogens with zero attached hydrogens (tertiary/aromatic N) is 2. The van der Waals surface area contributed by atoms with E-state index in [1.807, 2.05) is 48.6 Å². The SMILES string of the molecule is CC(C)(C(=O)NNc1nccnc1I)c1ccc(Cl)cc1. The summed E-state index contributed by atoms with van der Waals surface area (Å²) >= 11 is 7.91. The number of benzene rings is 1. The Morgan fingerprint density at radius 2 is 1.81 bits per heavy atom. The van der Waals surface area contributed by atoms with Gasteiger partial charge in [-0.3, -0.25) is 15.6 Å². The summed E-state index contributed by atoms with van der Waals surface area (Å²) in [6.07, 6.45) is 3.15. The van der Waals surface area contributed by atoms with Crippen LogP contribution in [-0.4, -0.2) is 15.9 Å². The predicted molar refractivity (Wildman–Crippen MR) is 91.0 cm³/mol. The molecule has 2 N–H and O–H groups in total. The van der Waals surface area contributed by atoms with Crippen LogP contribution in [0, 0.1) is 3.70 Å². The van der Waals surface area contributed by atoms with Gasteiger partial charge in [0.1, 0.15) is 3.70 Å². The van der Waals surface area contributed by atoms with Crippen LogP contribution in [0.5, 0.6) is 0 Å². The maximum Gasteiger partial charge on any atom is 0.248 e. The van der Waals surface area contributed by atoms with Crippen LogP contribution in [-0.2, 0) is 10.2 Å². The van der Waals surface area contributed by atoms with E-state index in [4.69, 9.17) is 11.6 Å². The summed E-state index contributed by atoms with van der Waals surface area (Å²) < 4.78 is 0.680. The predicted octanol–water partition coefficient (Wildman–Crippen LogP) is 3.16. The molecular weight excluding hydrogens is 403 g/mol. The fourth-order valence-corrected chi connectivity index (χ4v) is 2.24. The molecule has 0 aliphatic heterocycles. The molecule has 1 amide bonds. The number of hydrogen-bond acceptors (Lipinski definition) is 4. The summed E-state index contributed by atoms with van der Waals surface area (Å²) in [7, 11) is 0. The molecular formula is C14H14ClIN4O. The summed E-state index contributed by atoms with van der Waals surface area (Å²) in [6, 6.07) is 7.22.